The minimum atomic E-state index is -0.0429. The van der Waals surface area contributed by atoms with Gasteiger partial charge in [-0.2, -0.15) is 5.10 Å². The van der Waals surface area contributed by atoms with Crippen LogP contribution in [-0.2, 0) is 14.3 Å². The molecule has 0 radical (unpaired) electrons. The molecule has 3 heterocycles. The number of nitrogen functional groups attached to an aromatic ring is 1. The van der Waals surface area contributed by atoms with Crippen molar-refractivity contribution in [3.63, 3.8) is 0 Å². The van der Waals surface area contributed by atoms with E-state index in [4.69, 9.17) is 24.7 Å². The lowest BCUT2D eigenvalue weighted by atomic mass is 10.1. The number of hydrogen-bond acceptors (Lipinski definition) is 9. The van der Waals surface area contributed by atoms with Crippen LogP contribution in [0.2, 0.25) is 0 Å². The average Bonchev–Trinajstić information content (AvgIpc) is 3.33. The molecule has 2 aromatic heterocycles. The van der Waals surface area contributed by atoms with E-state index in [0.717, 1.165) is 72.2 Å². The molecule has 244 valence electrons. The predicted octanol–water partition coefficient (Wildman–Crippen LogP) is 4.69. The molecule has 1 saturated heterocycles. The standard InChI is InChI=1S/C23H28N4O2.C6H13NO.C2H5NO.C2H7N/c1-5-7-19(8-6-13-28-4)29-20-11-9-18(10-12-20)26-22-16(2)14-25-27-15-21(24)17(3)23(22)27;1-2-7-3-5-8-6-4-7;1-3-2-4;1-3-2/h5-7,9-15,19,26H,8,24H2,1-4H3;2-6H2,1H3;2H,1H3,(H,3,4);3H,1-2H3/b7-5-,13-6+;;;. The normalized spacial score (nSPS) is 13.5. The van der Waals surface area contributed by atoms with Crippen LogP contribution in [0.4, 0.5) is 17.1 Å². The molecule has 0 saturated carbocycles. The number of ether oxygens (including phenoxy) is 3. The van der Waals surface area contributed by atoms with E-state index in [2.05, 4.69) is 32.9 Å². The van der Waals surface area contributed by atoms with Crippen LogP contribution in [0.3, 0.4) is 0 Å². The second kappa shape index (κ2) is 22.5. The van der Waals surface area contributed by atoms with E-state index in [1.807, 2.05) is 94.3 Å². The van der Waals surface area contributed by atoms with Crippen LogP contribution < -0.4 is 26.4 Å². The summed E-state index contributed by atoms with van der Waals surface area (Å²) in [5, 5.41) is 12.9. The lowest BCUT2D eigenvalue weighted by Crippen LogP contribution is -2.35. The maximum Gasteiger partial charge on any atom is 0.206 e. The highest BCUT2D eigenvalue weighted by atomic mass is 16.5. The highest BCUT2D eigenvalue weighted by Crippen LogP contribution is 2.31. The van der Waals surface area contributed by atoms with Gasteiger partial charge >= 0.3 is 0 Å². The Morgan fingerprint density at radius 2 is 1.77 bits per heavy atom. The molecule has 5 N–H and O–H groups in total. The van der Waals surface area contributed by atoms with Crippen molar-refractivity contribution in [2.45, 2.75) is 40.2 Å². The Morgan fingerprint density at radius 3 is 2.30 bits per heavy atom. The number of nitrogens with two attached hydrogens (primary N) is 1. The largest absolute Gasteiger partial charge is 0.505 e. The lowest BCUT2D eigenvalue weighted by molar-refractivity contribution is -0.109. The van der Waals surface area contributed by atoms with Crippen molar-refractivity contribution in [2.75, 3.05) is 72.2 Å². The molecule has 0 spiro atoms. The van der Waals surface area contributed by atoms with Gasteiger partial charge in [-0.05, 0) is 83.4 Å². The van der Waals surface area contributed by atoms with Gasteiger partial charge in [0.2, 0.25) is 6.41 Å². The van der Waals surface area contributed by atoms with E-state index in [9.17, 15) is 0 Å². The maximum absolute atomic E-state index is 9.06. The van der Waals surface area contributed by atoms with Crippen LogP contribution in [0.15, 0.2) is 61.1 Å². The summed E-state index contributed by atoms with van der Waals surface area (Å²) in [6.45, 7) is 13.5. The van der Waals surface area contributed by atoms with Crippen LogP contribution in [0.1, 0.15) is 31.4 Å². The predicted molar refractivity (Wildman–Crippen MR) is 182 cm³/mol. The minimum absolute atomic E-state index is 0.0429. The zero-order chi connectivity index (χ0) is 32.7. The Labute approximate surface area is 263 Å². The van der Waals surface area contributed by atoms with Gasteiger partial charge in [0.15, 0.2) is 0 Å². The Hall–Kier alpha value is -4.06. The zero-order valence-electron chi connectivity index (χ0n) is 27.7. The van der Waals surface area contributed by atoms with Crippen LogP contribution in [-0.4, -0.2) is 88.1 Å². The van der Waals surface area contributed by atoms with Gasteiger partial charge in [-0.15, -0.1) is 0 Å². The number of amides is 1. The molecule has 3 aromatic rings. The number of rotatable bonds is 10. The molecule has 1 aliphatic rings. The van der Waals surface area contributed by atoms with E-state index < -0.39 is 0 Å². The zero-order valence-corrected chi connectivity index (χ0v) is 27.7. The first-order valence-corrected chi connectivity index (χ1v) is 14.9. The lowest BCUT2D eigenvalue weighted by Gasteiger charge is -2.24. The number of likely N-dealkylation sites (N-methyl/N-ethyl adjacent to an activating group) is 1. The maximum atomic E-state index is 9.06. The smallest absolute Gasteiger partial charge is 0.206 e. The third kappa shape index (κ3) is 13.5. The van der Waals surface area contributed by atoms with Gasteiger partial charge in [0, 0.05) is 37.8 Å². The number of morpholine rings is 1. The summed E-state index contributed by atoms with van der Waals surface area (Å²) in [6, 6.07) is 7.94. The van der Waals surface area contributed by atoms with Gasteiger partial charge in [-0.3, -0.25) is 9.69 Å². The fourth-order valence-corrected chi connectivity index (χ4v) is 4.07. The Balaban J connectivity index is 0.000000531. The summed E-state index contributed by atoms with van der Waals surface area (Å²) in [5.74, 6) is 0.809. The van der Waals surface area contributed by atoms with Crippen LogP contribution >= 0.6 is 0 Å². The number of nitrogens with one attached hydrogen (secondary N) is 3. The molecule has 1 aliphatic heterocycles. The number of carbonyl (C=O) groups excluding carboxylic acids is 1. The fraction of sp³-hybridized carbons (Fsp3) is 0.455. The first-order valence-electron chi connectivity index (χ1n) is 14.9. The summed E-state index contributed by atoms with van der Waals surface area (Å²) < 4.78 is 18.0. The average molecular weight is 612 g/mol. The van der Waals surface area contributed by atoms with Crippen molar-refractivity contribution in [2.24, 2.45) is 0 Å². The van der Waals surface area contributed by atoms with Gasteiger partial charge in [-0.25, -0.2) is 4.52 Å². The third-order valence-electron chi connectivity index (χ3n) is 6.37. The Kier molecular flexibility index (Phi) is 19.4. The molecule has 1 aromatic carbocycles. The molecule has 11 nitrogen and oxygen atoms in total. The molecule has 1 unspecified atom stereocenters. The second-order valence-electron chi connectivity index (χ2n) is 9.83. The Bertz CT molecular complexity index is 1250. The van der Waals surface area contributed by atoms with Crippen LogP contribution in [0.5, 0.6) is 5.75 Å². The number of methoxy groups -OCH3 is 1. The van der Waals surface area contributed by atoms with E-state index in [1.165, 1.54) is 6.54 Å². The van der Waals surface area contributed by atoms with Gasteiger partial charge in [0.25, 0.3) is 0 Å². The fourth-order valence-electron chi connectivity index (χ4n) is 4.07. The molecule has 1 amide bonds. The number of hydrogen-bond donors (Lipinski definition) is 4. The SMILES string of the molecule is C/C=C\C(C/C=C/OC)Oc1ccc(Nc2c(C)cnn3cc(N)c(C)c23)cc1.CCN1CCOCC1.CNC.CNC=O. The molecular formula is C33H53N7O4. The summed E-state index contributed by atoms with van der Waals surface area (Å²) in [7, 11) is 6.95. The first kappa shape index (κ1) is 38.0. The first-order chi connectivity index (χ1) is 21.3. The van der Waals surface area contributed by atoms with E-state index >= 15 is 0 Å². The van der Waals surface area contributed by atoms with Crippen LogP contribution in [0, 0.1) is 13.8 Å². The summed E-state index contributed by atoms with van der Waals surface area (Å²) in [4.78, 5) is 11.5. The summed E-state index contributed by atoms with van der Waals surface area (Å²) >= 11 is 0. The molecule has 0 aliphatic carbocycles. The number of benzene rings is 1. The van der Waals surface area contributed by atoms with Gasteiger partial charge < -0.3 is 35.9 Å². The number of carbonyl (C=O) groups is 1. The number of anilines is 3. The monoisotopic (exact) mass is 611 g/mol. The molecular weight excluding hydrogens is 558 g/mol. The van der Waals surface area contributed by atoms with Crippen molar-refractivity contribution in [3.05, 3.63) is 72.3 Å². The van der Waals surface area contributed by atoms with E-state index in [-0.39, 0.29) is 6.10 Å². The topological polar surface area (TPSA) is 127 Å². The van der Waals surface area contributed by atoms with Crippen molar-refractivity contribution >= 4 is 29.0 Å². The van der Waals surface area contributed by atoms with Gasteiger partial charge in [0.05, 0.1) is 55.9 Å². The number of nitrogens with zero attached hydrogens (tertiary/aromatic N) is 3. The number of aromatic nitrogens is 2. The third-order valence-corrected chi connectivity index (χ3v) is 6.37. The Morgan fingerprint density at radius 1 is 1.14 bits per heavy atom. The van der Waals surface area contributed by atoms with E-state index in [0.29, 0.717) is 6.41 Å². The summed E-state index contributed by atoms with van der Waals surface area (Å²) in [5.41, 5.74) is 11.8. The highest BCUT2D eigenvalue weighted by Gasteiger charge is 2.13. The number of allylic oxidation sites excluding steroid dienone is 1. The second-order valence-corrected chi connectivity index (χ2v) is 9.83. The highest BCUT2D eigenvalue weighted by molar-refractivity contribution is 5.85. The van der Waals surface area contributed by atoms with Crippen molar-refractivity contribution in [1.82, 2.24) is 25.1 Å². The van der Waals surface area contributed by atoms with Crippen LogP contribution in [0.25, 0.3) is 5.52 Å². The summed E-state index contributed by atoms with van der Waals surface area (Å²) in [6.07, 6.45) is 12.6. The molecule has 11 heteroatoms. The van der Waals surface area contributed by atoms with Crippen molar-refractivity contribution in [1.29, 1.82) is 0 Å². The van der Waals surface area contributed by atoms with Gasteiger partial charge in [-0.1, -0.05) is 13.0 Å². The van der Waals surface area contributed by atoms with E-state index in [1.54, 1.807) is 20.4 Å². The molecule has 1 fully saturated rings. The molecule has 44 heavy (non-hydrogen) atoms. The molecule has 0 bridgehead atoms. The molecule has 4 rings (SSSR count). The van der Waals surface area contributed by atoms with Crippen molar-refractivity contribution < 1.29 is 19.0 Å². The quantitative estimate of drug-likeness (QED) is 0.147. The van der Waals surface area contributed by atoms with Gasteiger partial charge in [0.1, 0.15) is 11.9 Å². The number of fused-ring (bicyclic) bond motifs is 1. The molecule has 1 atom stereocenters. The number of aryl methyl sites for hydroxylation is 2. The van der Waals surface area contributed by atoms with Crippen molar-refractivity contribution in [3.8, 4) is 5.75 Å². The minimum Gasteiger partial charge on any atom is -0.505 e.